The minimum atomic E-state index is -1.02. The highest BCUT2D eigenvalue weighted by atomic mass is 16.4. The molecule has 1 fully saturated rings. The van der Waals surface area contributed by atoms with Crippen molar-refractivity contribution >= 4 is 29.6 Å². The van der Waals surface area contributed by atoms with Crippen LogP contribution < -0.4 is 4.90 Å². The number of hydrogen-bond donors (Lipinski definition) is 1. The van der Waals surface area contributed by atoms with E-state index in [4.69, 9.17) is 5.11 Å². The molecule has 144 valence electrons. The molecule has 1 aliphatic rings. The van der Waals surface area contributed by atoms with E-state index in [1.807, 2.05) is 24.3 Å². The predicted molar refractivity (Wildman–Crippen MR) is 110 cm³/mol. The van der Waals surface area contributed by atoms with Gasteiger partial charge in [-0.25, -0.2) is 4.79 Å². The zero-order valence-corrected chi connectivity index (χ0v) is 15.8. The first-order valence-electron chi connectivity index (χ1n) is 9.15. The van der Waals surface area contributed by atoms with E-state index in [0.29, 0.717) is 11.3 Å². The first-order chi connectivity index (χ1) is 13.5. The van der Waals surface area contributed by atoms with Crippen LogP contribution in [0.3, 0.4) is 0 Å². The first kappa shape index (κ1) is 19.5. The van der Waals surface area contributed by atoms with Crippen molar-refractivity contribution in [3.63, 3.8) is 0 Å². The van der Waals surface area contributed by atoms with Crippen LogP contribution in [0.25, 0.3) is 12.2 Å². The second kappa shape index (κ2) is 9.10. The van der Waals surface area contributed by atoms with Crippen LogP contribution in [0.5, 0.6) is 0 Å². The van der Waals surface area contributed by atoms with Gasteiger partial charge in [-0.15, -0.1) is 0 Å². The largest absolute Gasteiger partial charge is 0.478 e. The summed E-state index contributed by atoms with van der Waals surface area (Å²) in [5.74, 6) is -1.07. The number of likely N-dealkylation sites (N-methyl/N-ethyl adjacent to an activating group) is 1. The van der Waals surface area contributed by atoms with E-state index in [1.165, 1.54) is 6.08 Å². The molecule has 1 aliphatic heterocycles. The molecule has 1 saturated heterocycles. The molecule has 0 bridgehead atoms. The zero-order chi connectivity index (χ0) is 19.9. The summed E-state index contributed by atoms with van der Waals surface area (Å²) in [5, 5.41) is 8.64. The molecule has 2 heterocycles. The zero-order valence-electron chi connectivity index (χ0n) is 15.8. The molecule has 1 aromatic carbocycles. The fraction of sp³-hybridized carbons (Fsp3) is 0.227. The van der Waals surface area contributed by atoms with Crippen molar-refractivity contribution in [1.82, 2.24) is 9.88 Å². The van der Waals surface area contributed by atoms with Crippen molar-refractivity contribution in [2.45, 2.75) is 0 Å². The Bertz CT molecular complexity index is 895. The average Bonchev–Trinajstić information content (AvgIpc) is 2.72. The lowest BCUT2D eigenvalue weighted by Gasteiger charge is -2.34. The van der Waals surface area contributed by atoms with Gasteiger partial charge >= 0.3 is 5.97 Å². The number of para-hydroxylation sites is 1. The minimum Gasteiger partial charge on any atom is -0.478 e. The number of aliphatic carboxylic acids is 1. The number of anilines is 1. The van der Waals surface area contributed by atoms with Gasteiger partial charge in [0.05, 0.1) is 5.69 Å². The van der Waals surface area contributed by atoms with Gasteiger partial charge in [-0.05, 0) is 49.0 Å². The maximum atomic E-state index is 12.8. The van der Waals surface area contributed by atoms with Gasteiger partial charge in [0.25, 0.3) is 0 Å². The van der Waals surface area contributed by atoms with E-state index in [2.05, 4.69) is 21.8 Å². The van der Waals surface area contributed by atoms with Gasteiger partial charge in [-0.1, -0.05) is 18.2 Å². The molecule has 0 amide bonds. The van der Waals surface area contributed by atoms with E-state index in [9.17, 15) is 9.59 Å². The SMILES string of the molecule is CN1CCN(c2ccccc2C(=O)C=Cc2ccc(C=CC(=O)O)nc2)CC1. The number of piperazine rings is 1. The molecular weight excluding hydrogens is 354 g/mol. The monoisotopic (exact) mass is 377 g/mol. The van der Waals surface area contributed by atoms with E-state index in [1.54, 1.807) is 30.5 Å². The number of pyridine rings is 1. The number of carboxylic acid groups (broad SMARTS) is 1. The standard InChI is InChI=1S/C22H23N3O3/c1-24-12-14-25(15-13-24)20-5-3-2-4-19(20)21(26)10-7-17-6-8-18(23-16-17)9-11-22(27)28/h2-11,16H,12-15H2,1H3,(H,27,28). The Hall–Kier alpha value is -3.25. The highest BCUT2D eigenvalue weighted by Crippen LogP contribution is 2.23. The summed E-state index contributed by atoms with van der Waals surface area (Å²) in [4.78, 5) is 32.0. The Morgan fingerprint density at radius 2 is 1.75 bits per heavy atom. The van der Waals surface area contributed by atoms with Gasteiger partial charge in [0, 0.05) is 49.7 Å². The third-order valence-corrected chi connectivity index (χ3v) is 4.65. The topological polar surface area (TPSA) is 73.7 Å². The van der Waals surface area contributed by atoms with Gasteiger partial charge in [-0.3, -0.25) is 9.78 Å². The number of nitrogens with zero attached hydrogens (tertiary/aromatic N) is 3. The Balaban J connectivity index is 1.72. The number of hydrogen-bond acceptors (Lipinski definition) is 5. The third kappa shape index (κ3) is 5.14. The molecule has 0 spiro atoms. The molecule has 0 saturated carbocycles. The van der Waals surface area contributed by atoms with Crippen LogP contribution in [0.4, 0.5) is 5.69 Å². The van der Waals surface area contributed by atoms with Crippen LogP contribution >= 0.6 is 0 Å². The summed E-state index contributed by atoms with van der Waals surface area (Å²) in [6.45, 7) is 3.76. The molecule has 0 aliphatic carbocycles. The highest BCUT2D eigenvalue weighted by Gasteiger charge is 2.18. The van der Waals surface area contributed by atoms with Crippen LogP contribution in [0.1, 0.15) is 21.6 Å². The number of benzene rings is 1. The van der Waals surface area contributed by atoms with Crippen LogP contribution in [-0.2, 0) is 4.79 Å². The fourth-order valence-corrected chi connectivity index (χ4v) is 3.04. The van der Waals surface area contributed by atoms with E-state index >= 15 is 0 Å². The Morgan fingerprint density at radius 1 is 1.00 bits per heavy atom. The summed E-state index contributed by atoms with van der Waals surface area (Å²) in [5.41, 5.74) is 2.99. The first-order valence-corrected chi connectivity index (χ1v) is 9.15. The normalized spacial score (nSPS) is 15.4. The lowest BCUT2D eigenvalue weighted by atomic mass is 10.1. The van der Waals surface area contributed by atoms with Crippen molar-refractivity contribution in [2.24, 2.45) is 0 Å². The fourth-order valence-electron chi connectivity index (χ4n) is 3.04. The minimum absolute atomic E-state index is 0.0515. The lowest BCUT2D eigenvalue weighted by Crippen LogP contribution is -2.44. The number of carboxylic acids is 1. The molecule has 0 unspecified atom stereocenters. The molecule has 1 aromatic heterocycles. The lowest BCUT2D eigenvalue weighted by molar-refractivity contribution is -0.131. The van der Waals surface area contributed by atoms with Gasteiger partial charge < -0.3 is 14.9 Å². The molecule has 28 heavy (non-hydrogen) atoms. The van der Waals surface area contributed by atoms with Crippen LogP contribution in [-0.4, -0.2) is 60.0 Å². The summed E-state index contributed by atoms with van der Waals surface area (Å²) >= 11 is 0. The van der Waals surface area contributed by atoms with Crippen molar-refractivity contribution < 1.29 is 14.7 Å². The Morgan fingerprint density at radius 3 is 2.43 bits per heavy atom. The number of carbonyl (C=O) groups is 2. The summed E-state index contributed by atoms with van der Waals surface area (Å²) in [6, 6.07) is 11.2. The number of rotatable bonds is 6. The highest BCUT2D eigenvalue weighted by molar-refractivity contribution is 6.10. The van der Waals surface area contributed by atoms with Crippen molar-refractivity contribution in [3.05, 3.63) is 71.6 Å². The van der Waals surface area contributed by atoms with Crippen LogP contribution in [0.15, 0.2) is 54.7 Å². The van der Waals surface area contributed by atoms with Crippen molar-refractivity contribution in [1.29, 1.82) is 0 Å². The molecule has 1 N–H and O–H groups in total. The second-order valence-electron chi connectivity index (χ2n) is 6.69. The van der Waals surface area contributed by atoms with E-state index < -0.39 is 5.97 Å². The van der Waals surface area contributed by atoms with Gasteiger partial charge in [0.1, 0.15) is 0 Å². The molecular formula is C22H23N3O3. The third-order valence-electron chi connectivity index (χ3n) is 4.65. The quantitative estimate of drug-likeness (QED) is 0.616. The summed E-state index contributed by atoms with van der Waals surface area (Å²) < 4.78 is 0. The maximum absolute atomic E-state index is 12.8. The number of allylic oxidation sites excluding steroid dienone is 1. The van der Waals surface area contributed by atoms with Gasteiger partial charge in [0.2, 0.25) is 0 Å². The van der Waals surface area contributed by atoms with Crippen LogP contribution in [0, 0.1) is 0 Å². The molecule has 6 nitrogen and oxygen atoms in total. The average molecular weight is 377 g/mol. The molecule has 3 rings (SSSR count). The van der Waals surface area contributed by atoms with E-state index in [-0.39, 0.29) is 5.78 Å². The second-order valence-corrected chi connectivity index (χ2v) is 6.69. The molecule has 0 radical (unpaired) electrons. The molecule has 6 heteroatoms. The Kier molecular flexibility index (Phi) is 6.34. The smallest absolute Gasteiger partial charge is 0.328 e. The van der Waals surface area contributed by atoms with Crippen molar-refractivity contribution in [3.8, 4) is 0 Å². The van der Waals surface area contributed by atoms with E-state index in [0.717, 1.165) is 43.5 Å². The maximum Gasteiger partial charge on any atom is 0.328 e. The number of carbonyl (C=O) groups excluding carboxylic acids is 1. The molecule has 0 atom stereocenters. The predicted octanol–water partition coefficient (Wildman–Crippen LogP) is 2.83. The summed E-state index contributed by atoms with van der Waals surface area (Å²) in [7, 11) is 2.11. The number of aromatic nitrogens is 1. The van der Waals surface area contributed by atoms with Gasteiger partial charge in [0.15, 0.2) is 5.78 Å². The molecule has 2 aromatic rings. The number of ketones is 1. The van der Waals surface area contributed by atoms with Crippen LogP contribution in [0.2, 0.25) is 0 Å². The summed E-state index contributed by atoms with van der Waals surface area (Å²) in [6.07, 6.45) is 7.35. The Labute approximate surface area is 164 Å². The van der Waals surface area contributed by atoms with Crippen molar-refractivity contribution in [2.75, 3.05) is 38.1 Å². The van der Waals surface area contributed by atoms with Gasteiger partial charge in [-0.2, -0.15) is 0 Å².